The number of halogens is 3. The van der Waals surface area contributed by atoms with Gasteiger partial charge < -0.3 is 14.6 Å². The van der Waals surface area contributed by atoms with E-state index in [9.17, 15) is 14.3 Å². The first-order chi connectivity index (χ1) is 20.3. The maximum atomic E-state index is 14.4. The van der Waals surface area contributed by atoms with E-state index < -0.39 is 0 Å². The number of phenolic OH excluding ortho intramolecular Hbond substituents is 1. The number of phenols is 1. The van der Waals surface area contributed by atoms with Crippen molar-refractivity contribution in [2.24, 2.45) is 0 Å². The number of amides is 1. The van der Waals surface area contributed by atoms with Gasteiger partial charge in [0.15, 0.2) is 0 Å². The molecule has 0 radical (unpaired) electrons. The lowest BCUT2D eigenvalue weighted by Gasteiger charge is -2.37. The maximum Gasteiger partial charge on any atom is 0.256 e. The molecule has 43 heavy (non-hydrogen) atoms. The number of aromatic nitrogens is 1. The molecule has 1 aromatic heterocycles. The molecule has 5 nitrogen and oxygen atoms in total. The Morgan fingerprint density at radius 1 is 0.953 bits per heavy atom. The van der Waals surface area contributed by atoms with Crippen molar-refractivity contribution in [3.8, 4) is 5.75 Å². The van der Waals surface area contributed by atoms with Crippen LogP contribution in [0.1, 0.15) is 35.5 Å². The van der Waals surface area contributed by atoms with Crippen LogP contribution in [0.5, 0.6) is 5.75 Å². The fourth-order valence-electron chi connectivity index (χ4n) is 5.86. The molecule has 0 saturated carbocycles. The molecule has 2 heterocycles. The van der Waals surface area contributed by atoms with Crippen LogP contribution >= 0.6 is 40.1 Å². The first-order valence-electron chi connectivity index (χ1n) is 14.2. The minimum absolute atomic E-state index is 0. The van der Waals surface area contributed by atoms with Crippen LogP contribution in [0.4, 0.5) is 4.39 Å². The average Bonchev–Trinajstić information content (AvgIpc) is 3.28. The second kappa shape index (κ2) is 13.3. The Morgan fingerprint density at radius 2 is 1.65 bits per heavy atom. The number of rotatable bonds is 7. The van der Waals surface area contributed by atoms with Gasteiger partial charge in [0.25, 0.3) is 5.91 Å². The van der Waals surface area contributed by atoms with E-state index in [0.29, 0.717) is 41.5 Å². The average molecular weight is 683 g/mol. The van der Waals surface area contributed by atoms with Gasteiger partial charge in [-0.25, -0.2) is 4.39 Å². The Hall–Kier alpha value is -3.04. The molecule has 5 aromatic rings. The Bertz CT molecular complexity index is 1760. The normalized spacial score (nSPS) is 14.0. The summed E-state index contributed by atoms with van der Waals surface area (Å²) in [6.45, 7) is 7.89. The Morgan fingerprint density at radius 3 is 2.37 bits per heavy atom. The van der Waals surface area contributed by atoms with Gasteiger partial charge in [0, 0.05) is 60.5 Å². The summed E-state index contributed by atoms with van der Waals surface area (Å²) in [5.41, 5.74) is 3.54. The van der Waals surface area contributed by atoms with Crippen LogP contribution < -0.4 is 0 Å². The van der Waals surface area contributed by atoms with Crippen LogP contribution in [0.25, 0.3) is 21.7 Å². The van der Waals surface area contributed by atoms with E-state index in [1.807, 2.05) is 23.1 Å². The minimum Gasteiger partial charge on any atom is -0.507 e. The number of benzene rings is 4. The Kier molecular flexibility index (Phi) is 9.71. The van der Waals surface area contributed by atoms with E-state index >= 15 is 0 Å². The summed E-state index contributed by atoms with van der Waals surface area (Å²) < 4.78 is 16.5. The van der Waals surface area contributed by atoms with Crippen LogP contribution in [0, 0.1) is 5.82 Å². The number of hydrogen-bond donors (Lipinski definition) is 1. The van der Waals surface area contributed by atoms with Crippen LogP contribution in [0.3, 0.4) is 0 Å². The highest BCUT2D eigenvalue weighted by atomic mass is 79.9. The van der Waals surface area contributed by atoms with E-state index in [-0.39, 0.29) is 29.9 Å². The summed E-state index contributed by atoms with van der Waals surface area (Å²) in [7, 11) is 0. The summed E-state index contributed by atoms with van der Waals surface area (Å²) in [5, 5.41) is 13.8. The first kappa shape index (κ1) is 31.4. The zero-order valence-corrected chi connectivity index (χ0v) is 27.3. The molecule has 1 N–H and O–H groups in total. The predicted molar refractivity (Wildman–Crippen MR) is 180 cm³/mol. The number of aromatic hydroxyl groups is 1. The topological polar surface area (TPSA) is 48.7 Å². The third-order valence-electron chi connectivity index (χ3n) is 8.18. The largest absolute Gasteiger partial charge is 0.507 e. The van der Waals surface area contributed by atoms with E-state index in [1.165, 1.54) is 12.1 Å². The molecule has 0 unspecified atom stereocenters. The molecule has 9 heteroatoms. The van der Waals surface area contributed by atoms with Crippen molar-refractivity contribution in [1.82, 2.24) is 14.4 Å². The fraction of sp³-hybridized carbons (Fsp3) is 0.265. The number of carbonyl (C=O) groups is 1. The van der Waals surface area contributed by atoms with Gasteiger partial charge in [-0.1, -0.05) is 42.5 Å². The summed E-state index contributed by atoms with van der Waals surface area (Å²) in [6, 6.07) is 25.2. The van der Waals surface area contributed by atoms with Crippen molar-refractivity contribution < 1.29 is 14.3 Å². The van der Waals surface area contributed by atoms with Crippen molar-refractivity contribution in [1.29, 1.82) is 0 Å². The Balaban J connectivity index is 0.00000368. The van der Waals surface area contributed by atoms with Gasteiger partial charge in [-0.3, -0.25) is 9.69 Å². The quantitative estimate of drug-likeness (QED) is 0.176. The summed E-state index contributed by atoms with van der Waals surface area (Å²) in [5.74, 6) is 0.315. The summed E-state index contributed by atoms with van der Waals surface area (Å²) >= 11 is 5.10. The lowest BCUT2D eigenvalue weighted by molar-refractivity contribution is 0.0596. The number of piperazine rings is 1. The molecule has 4 aromatic carbocycles. The first-order valence-corrected chi connectivity index (χ1v) is 16.0. The van der Waals surface area contributed by atoms with E-state index in [2.05, 4.69) is 69.6 Å². The Labute approximate surface area is 270 Å². The van der Waals surface area contributed by atoms with Gasteiger partial charge in [-0.2, -0.15) is 0 Å². The predicted octanol–water partition coefficient (Wildman–Crippen LogP) is 8.33. The lowest BCUT2D eigenvalue weighted by Crippen LogP contribution is -2.50. The van der Waals surface area contributed by atoms with Crippen LogP contribution in [0.15, 0.2) is 88.2 Å². The monoisotopic (exact) mass is 681 g/mol. The third-order valence-corrected chi connectivity index (χ3v) is 9.84. The zero-order chi connectivity index (χ0) is 29.4. The molecule has 0 atom stereocenters. The van der Waals surface area contributed by atoms with Gasteiger partial charge in [-0.15, -0.1) is 24.2 Å². The number of hydrogen-bond acceptors (Lipinski definition) is 4. The molecular formula is C34H34BrClFN3O2S. The third kappa shape index (κ3) is 6.43. The SMILES string of the molecule is CC(C)N1CCN(C(=O)c2c(CSc3ccc(F)cc3)n(Cc3cccc4ccccc34)c3cc(Br)c(O)cc23)CC1.Cl. The van der Waals surface area contributed by atoms with Gasteiger partial charge >= 0.3 is 0 Å². The second-order valence-electron chi connectivity index (χ2n) is 11.0. The molecule has 1 saturated heterocycles. The molecule has 0 bridgehead atoms. The van der Waals surface area contributed by atoms with E-state index in [1.54, 1.807) is 30.0 Å². The molecule has 1 amide bonds. The highest BCUT2D eigenvalue weighted by molar-refractivity contribution is 9.10. The van der Waals surface area contributed by atoms with Crippen molar-refractivity contribution in [2.75, 3.05) is 26.2 Å². The van der Waals surface area contributed by atoms with Gasteiger partial charge in [0.05, 0.1) is 15.6 Å². The molecule has 1 fully saturated rings. The van der Waals surface area contributed by atoms with E-state index in [4.69, 9.17) is 0 Å². The molecule has 1 aliphatic rings. The van der Waals surface area contributed by atoms with E-state index in [0.717, 1.165) is 50.9 Å². The second-order valence-corrected chi connectivity index (χ2v) is 12.9. The summed E-state index contributed by atoms with van der Waals surface area (Å²) in [6.07, 6.45) is 0. The van der Waals surface area contributed by atoms with Crippen molar-refractivity contribution >= 4 is 67.7 Å². The minimum atomic E-state index is -0.277. The number of fused-ring (bicyclic) bond motifs is 2. The molecule has 224 valence electrons. The molecule has 0 aliphatic carbocycles. The molecular weight excluding hydrogens is 649 g/mol. The molecule has 1 aliphatic heterocycles. The lowest BCUT2D eigenvalue weighted by atomic mass is 10.0. The highest BCUT2D eigenvalue weighted by Crippen LogP contribution is 2.38. The number of carbonyl (C=O) groups excluding carboxylic acids is 1. The smallest absolute Gasteiger partial charge is 0.256 e. The van der Waals surface area contributed by atoms with Crippen molar-refractivity contribution in [2.45, 2.75) is 37.1 Å². The standard InChI is InChI=1S/C34H33BrFN3O2S.ClH/c1-22(2)37-14-16-38(17-15-37)34(41)33-28-18-32(40)29(35)19-30(28)39(31(33)21-42-26-12-10-25(36)11-13-26)20-24-8-5-7-23-6-3-4-9-27(23)24;/h3-13,18-19,22,40H,14-17,20-21H2,1-2H3;1H. The molecule has 0 spiro atoms. The van der Waals surface area contributed by atoms with Gasteiger partial charge in [0.1, 0.15) is 11.6 Å². The van der Waals surface area contributed by atoms with Gasteiger partial charge in [0.2, 0.25) is 0 Å². The zero-order valence-electron chi connectivity index (χ0n) is 24.1. The van der Waals surface area contributed by atoms with Crippen molar-refractivity contribution in [3.63, 3.8) is 0 Å². The summed E-state index contributed by atoms with van der Waals surface area (Å²) in [4.78, 5) is 19.6. The fourth-order valence-corrected chi connectivity index (χ4v) is 7.13. The van der Waals surface area contributed by atoms with Gasteiger partial charge in [-0.05, 0) is 82.5 Å². The van der Waals surface area contributed by atoms with Crippen LogP contribution in [0.2, 0.25) is 0 Å². The van der Waals surface area contributed by atoms with Crippen LogP contribution in [-0.2, 0) is 12.3 Å². The van der Waals surface area contributed by atoms with Crippen LogP contribution in [-0.4, -0.2) is 57.6 Å². The van der Waals surface area contributed by atoms with Crippen molar-refractivity contribution in [3.05, 3.63) is 106 Å². The highest BCUT2D eigenvalue weighted by Gasteiger charge is 2.30. The number of nitrogens with zero attached hydrogens (tertiary/aromatic N) is 3. The maximum absolute atomic E-state index is 14.4. The molecule has 6 rings (SSSR count). The number of thioether (sulfide) groups is 1.